The standard InChI is InChI=1S/C28H29ClN4O6S/c1-3-17(26-31-22(16-40-26)28(36)37)13-25(34)33-15-24(32-39-21-7-5-4-6-8-21)30-14-19(27(33)35)11-18-12-20(29)9-10-23(18)38-2/h4-10,12,16-17,19H,3,11,13-15H2,1-2H3,(H,30,32)(H,36,37)/t17-,19?/m0/s1. The Bertz CT molecular complexity index is 1400. The van der Waals surface area contributed by atoms with Gasteiger partial charge in [-0.15, -0.1) is 11.3 Å². The Morgan fingerprint density at radius 2 is 2.02 bits per heavy atom. The zero-order chi connectivity index (χ0) is 28.6. The van der Waals surface area contributed by atoms with Crippen molar-refractivity contribution < 1.29 is 29.1 Å². The van der Waals surface area contributed by atoms with E-state index in [1.165, 1.54) is 28.7 Å². The normalized spacial score (nSPS) is 16.1. The minimum absolute atomic E-state index is 0.0190. The SMILES string of the molecule is CC[C@@H](CC(=O)N1CC(NOc2ccccc2)=NCC(Cc2cc(Cl)ccc2OC)C1=O)c1nc(C(=O)O)cs1. The average molecular weight is 585 g/mol. The highest BCUT2D eigenvalue weighted by molar-refractivity contribution is 7.09. The van der Waals surface area contributed by atoms with E-state index in [4.69, 9.17) is 21.2 Å². The quantitative estimate of drug-likeness (QED) is 0.331. The monoisotopic (exact) mass is 584 g/mol. The lowest BCUT2D eigenvalue weighted by Gasteiger charge is -2.25. The summed E-state index contributed by atoms with van der Waals surface area (Å²) in [6.45, 7) is 1.90. The number of carboxylic acid groups (broad SMARTS) is 1. The van der Waals surface area contributed by atoms with Crippen LogP contribution in [0, 0.1) is 5.92 Å². The fraction of sp³-hybridized carbons (Fsp3) is 0.321. The molecule has 1 unspecified atom stereocenters. The number of amidine groups is 1. The molecular weight excluding hydrogens is 556 g/mol. The summed E-state index contributed by atoms with van der Waals surface area (Å²) in [5, 5.41) is 11.7. The van der Waals surface area contributed by atoms with Crippen molar-refractivity contribution in [1.82, 2.24) is 15.4 Å². The molecule has 4 rings (SSSR count). The highest BCUT2D eigenvalue weighted by atomic mass is 35.5. The number of hydrogen-bond acceptors (Lipinski definition) is 9. The van der Waals surface area contributed by atoms with Crippen LogP contribution in [-0.2, 0) is 16.0 Å². The van der Waals surface area contributed by atoms with Crippen LogP contribution in [0.5, 0.6) is 11.5 Å². The van der Waals surface area contributed by atoms with Crippen molar-refractivity contribution in [2.45, 2.75) is 32.1 Å². The van der Waals surface area contributed by atoms with Crippen molar-refractivity contribution >= 4 is 46.6 Å². The molecule has 1 aliphatic heterocycles. The highest BCUT2D eigenvalue weighted by Crippen LogP contribution is 2.30. The maximum atomic E-state index is 13.8. The Hall–Kier alpha value is -3.96. The number of ether oxygens (including phenoxy) is 1. The van der Waals surface area contributed by atoms with Crippen LogP contribution in [-0.4, -0.2) is 58.8 Å². The van der Waals surface area contributed by atoms with E-state index >= 15 is 0 Å². The number of methoxy groups -OCH3 is 1. The number of halogens is 1. The number of imide groups is 1. The molecule has 0 bridgehead atoms. The third-order valence-electron chi connectivity index (χ3n) is 6.47. The van der Waals surface area contributed by atoms with Gasteiger partial charge in [-0.05, 0) is 48.7 Å². The van der Waals surface area contributed by atoms with Gasteiger partial charge in [0.25, 0.3) is 0 Å². The van der Waals surface area contributed by atoms with Crippen molar-refractivity contribution in [2.75, 3.05) is 20.2 Å². The van der Waals surface area contributed by atoms with Gasteiger partial charge in [-0.25, -0.2) is 15.3 Å². The van der Waals surface area contributed by atoms with Crippen LogP contribution in [0.3, 0.4) is 0 Å². The van der Waals surface area contributed by atoms with Gasteiger partial charge in [-0.2, -0.15) is 0 Å². The zero-order valence-electron chi connectivity index (χ0n) is 22.0. The lowest BCUT2D eigenvalue weighted by molar-refractivity contribution is -0.146. The number of hydroxylamine groups is 1. The Morgan fingerprint density at radius 3 is 2.70 bits per heavy atom. The Kier molecular flexibility index (Phi) is 9.73. The number of nitrogens with one attached hydrogen (secondary N) is 1. The molecule has 0 fully saturated rings. The molecule has 3 aromatic rings. The van der Waals surface area contributed by atoms with E-state index in [2.05, 4.69) is 15.5 Å². The molecule has 12 heteroatoms. The minimum Gasteiger partial charge on any atom is -0.496 e. The van der Waals surface area contributed by atoms with E-state index in [-0.39, 0.29) is 43.5 Å². The summed E-state index contributed by atoms with van der Waals surface area (Å²) in [6, 6.07) is 14.2. The highest BCUT2D eigenvalue weighted by Gasteiger charge is 2.34. The van der Waals surface area contributed by atoms with Crippen LogP contribution in [0.15, 0.2) is 58.9 Å². The summed E-state index contributed by atoms with van der Waals surface area (Å²) in [5.41, 5.74) is 3.46. The maximum Gasteiger partial charge on any atom is 0.355 e. The first-order chi connectivity index (χ1) is 19.3. The Balaban J connectivity index is 1.58. The van der Waals surface area contributed by atoms with Gasteiger partial charge in [0.2, 0.25) is 11.8 Å². The van der Waals surface area contributed by atoms with E-state index in [1.54, 1.807) is 30.3 Å². The summed E-state index contributed by atoms with van der Waals surface area (Å²) >= 11 is 7.40. The van der Waals surface area contributed by atoms with Gasteiger partial charge in [0, 0.05) is 22.7 Å². The van der Waals surface area contributed by atoms with Crippen molar-refractivity contribution in [2.24, 2.45) is 10.9 Å². The topological polar surface area (TPSA) is 130 Å². The van der Waals surface area contributed by atoms with Gasteiger partial charge < -0.3 is 14.7 Å². The predicted molar refractivity (Wildman–Crippen MR) is 151 cm³/mol. The molecule has 0 spiro atoms. The number of carbonyl (C=O) groups excluding carboxylic acids is 2. The van der Waals surface area contributed by atoms with Gasteiger partial charge in [0.15, 0.2) is 17.3 Å². The van der Waals surface area contributed by atoms with Gasteiger partial charge in [0.05, 0.1) is 31.1 Å². The van der Waals surface area contributed by atoms with E-state index in [9.17, 15) is 19.5 Å². The number of thiazole rings is 1. The number of para-hydroxylation sites is 1. The molecule has 1 aliphatic rings. The predicted octanol–water partition coefficient (Wildman–Crippen LogP) is 4.60. The first kappa shape index (κ1) is 29.0. The molecule has 0 saturated carbocycles. The van der Waals surface area contributed by atoms with Crippen LogP contribution in [0.1, 0.15) is 46.7 Å². The number of carbonyl (C=O) groups is 3. The fourth-order valence-corrected chi connectivity index (χ4v) is 5.48. The second kappa shape index (κ2) is 13.4. The summed E-state index contributed by atoms with van der Waals surface area (Å²) in [7, 11) is 1.54. The summed E-state index contributed by atoms with van der Waals surface area (Å²) < 4.78 is 5.46. The number of aromatic nitrogens is 1. The third kappa shape index (κ3) is 7.16. The third-order valence-corrected chi connectivity index (χ3v) is 7.71. The molecule has 2 heterocycles. The Labute approximate surface area is 240 Å². The van der Waals surface area contributed by atoms with Crippen LogP contribution >= 0.6 is 22.9 Å². The number of nitrogens with zero attached hydrogens (tertiary/aromatic N) is 3. The van der Waals surface area contributed by atoms with E-state index in [0.29, 0.717) is 33.8 Å². The number of rotatable bonds is 10. The average Bonchev–Trinajstić information content (AvgIpc) is 3.40. The molecule has 0 aliphatic carbocycles. The van der Waals surface area contributed by atoms with Crippen molar-refractivity contribution in [3.63, 3.8) is 0 Å². The Morgan fingerprint density at radius 1 is 1.25 bits per heavy atom. The second-order valence-corrected chi connectivity index (χ2v) is 10.5. The van der Waals surface area contributed by atoms with Crippen LogP contribution in [0.25, 0.3) is 0 Å². The summed E-state index contributed by atoms with van der Waals surface area (Å²) in [4.78, 5) is 54.3. The molecule has 210 valence electrons. The number of carboxylic acids is 1. The van der Waals surface area contributed by atoms with Crippen molar-refractivity contribution in [1.29, 1.82) is 0 Å². The lowest BCUT2D eigenvalue weighted by Crippen LogP contribution is -2.46. The van der Waals surface area contributed by atoms with Gasteiger partial charge in [-0.3, -0.25) is 19.5 Å². The van der Waals surface area contributed by atoms with Crippen molar-refractivity contribution in [3.8, 4) is 11.5 Å². The number of hydrogen-bond donors (Lipinski definition) is 2. The second-order valence-electron chi connectivity index (χ2n) is 9.17. The molecule has 2 amide bonds. The fourth-order valence-electron chi connectivity index (χ4n) is 4.30. The molecule has 10 nitrogen and oxygen atoms in total. The molecule has 1 aromatic heterocycles. The molecule has 0 radical (unpaired) electrons. The molecule has 2 N–H and O–H groups in total. The molecule has 2 aromatic carbocycles. The number of benzene rings is 2. The molecular formula is C28H29ClN4O6S. The van der Waals surface area contributed by atoms with E-state index in [1.807, 2.05) is 25.1 Å². The van der Waals surface area contributed by atoms with Gasteiger partial charge in [-0.1, -0.05) is 36.7 Å². The summed E-state index contributed by atoms with van der Waals surface area (Å²) in [5.74, 6) is -1.48. The first-order valence-electron chi connectivity index (χ1n) is 12.7. The van der Waals surface area contributed by atoms with E-state index in [0.717, 1.165) is 5.56 Å². The molecule has 2 atom stereocenters. The zero-order valence-corrected chi connectivity index (χ0v) is 23.6. The lowest BCUT2D eigenvalue weighted by atomic mass is 9.96. The smallest absolute Gasteiger partial charge is 0.355 e. The summed E-state index contributed by atoms with van der Waals surface area (Å²) in [6.07, 6.45) is 0.781. The number of aromatic carboxylic acids is 1. The van der Waals surface area contributed by atoms with Gasteiger partial charge in [0.1, 0.15) is 5.75 Å². The maximum absolute atomic E-state index is 13.8. The van der Waals surface area contributed by atoms with Crippen LogP contribution < -0.4 is 15.1 Å². The van der Waals surface area contributed by atoms with E-state index < -0.39 is 17.8 Å². The molecule has 0 saturated heterocycles. The van der Waals surface area contributed by atoms with Crippen molar-refractivity contribution in [3.05, 3.63) is 75.2 Å². The number of aliphatic imine (C=N–C) groups is 1. The van der Waals surface area contributed by atoms with Crippen LogP contribution in [0.2, 0.25) is 5.02 Å². The molecule has 40 heavy (non-hydrogen) atoms. The largest absolute Gasteiger partial charge is 0.496 e. The van der Waals surface area contributed by atoms with Crippen LogP contribution in [0.4, 0.5) is 0 Å². The minimum atomic E-state index is -1.13. The first-order valence-corrected chi connectivity index (χ1v) is 13.9. The van der Waals surface area contributed by atoms with Gasteiger partial charge >= 0.3 is 5.97 Å². The number of amides is 2.